The van der Waals surface area contributed by atoms with Crippen molar-refractivity contribution in [1.82, 2.24) is 4.98 Å². The standard InChI is InChI=1S/C21H20N.Ir/c1-20(2)16-10-11-21(20,3)18-13-7-4-5-8-14(13)19-15(17(16)18)9-6-12-22-19;/h4-7,9,12,16H,10-11H2,1-3H3;/q-1;/t16-,21+;/m1./s1. The van der Waals surface area contributed by atoms with Gasteiger partial charge in [-0.3, -0.25) is 0 Å². The van der Waals surface area contributed by atoms with E-state index in [1.807, 2.05) is 12.3 Å². The van der Waals surface area contributed by atoms with Gasteiger partial charge in [-0.2, -0.15) is 0 Å². The van der Waals surface area contributed by atoms with Crippen molar-refractivity contribution in [3.63, 3.8) is 0 Å². The minimum absolute atomic E-state index is 0. The van der Waals surface area contributed by atoms with E-state index in [1.165, 1.54) is 29.0 Å². The van der Waals surface area contributed by atoms with Gasteiger partial charge in [0.1, 0.15) is 0 Å². The van der Waals surface area contributed by atoms with E-state index < -0.39 is 0 Å². The van der Waals surface area contributed by atoms with Crippen LogP contribution in [0.15, 0.2) is 36.5 Å². The Bertz CT molecular complexity index is 943. The molecule has 0 aliphatic heterocycles. The SMILES string of the molecule is CC1(C)[C@@H]2CC[C@@]1(C)c1c2c2cccnc2c2[c-]cccc12.[Ir]. The molecule has 1 aromatic heterocycles. The maximum atomic E-state index is 4.71. The molecule has 2 aliphatic carbocycles. The molecule has 1 radical (unpaired) electrons. The van der Waals surface area contributed by atoms with Crippen LogP contribution >= 0.6 is 0 Å². The molecular formula is C21H20IrN-. The van der Waals surface area contributed by atoms with Gasteiger partial charge in [0.15, 0.2) is 0 Å². The van der Waals surface area contributed by atoms with Crippen LogP contribution in [-0.2, 0) is 25.5 Å². The van der Waals surface area contributed by atoms with Crippen molar-refractivity contribution < 1.29 is 20.1 Å². The van der Waals surface area contributed by atoms with Gasteiger partial charge in [-0.1, -0.05) is 32.4 Å². The maximum Gasteiger partial charge on any atom is 0.0161 e. The van der Waals surface area contributed by atoms with Gasteiger partial charge in [-0.15, -0.1) is 35.0 Å². The minimum Gasteiger partial charge on any atom is -0.304 e. The molecule has 0 N–H and O–H groups in total. The van der Waals surface area contributed by atoms with Gasteiger partial charge in [-0.05, 0) is 52.1 Å². The maximum absolute atomic E-state index is 4.71. The van der Waals surface area contributed by atoms with Gasteiger partial charge in [0.2, 0.25) is 0 Å². The fraction of sp³-hybridized carbons (Fsp3) is 0.381. The van der Waals surface area contributed by atoms with E-state index in [0.717, 1.165) is 5.52 Å². The first kappa shape index (κ1) is 15.3. The predicted octanol–water partition coefficient (Wildman–Crippen LogP) is 5.36. The Morgan fingerprint density at radius 3 is 2.74 bits per heavy atom. The summed E-state index contributed by atoms with van der Waals surface area (Å²) in [5.74, 6) is 0.656. The van der Waals surface area contributed by atoms with Crippen LogP contribution in [0.4, 0.5) is 0 Å². The number of aromatic nitrogens is 1. The molecule has 5 rings (SSSR count). The van der Waals surface area contributed by atoms with Gasteiger partial charge >= 0.3 is 0 Å². The van der Waals surface area contributed by atoms with E-state index in [0.29, 0.717) is 11.3 Å². The summed E-state index contributed by atoms with van der Waals surface area (Å²) in [5, 5.41) is 3.93. The van der Waals surface area contributed by atoms with Crippen molar-refractivity contribution in [2.45, 2.75) is 44.9 Å². The third-order valence-electron chi connectivity index (χ3n) is 6.86. The van der Waals surface area contributed by atoms with Crippen LogP contribution in [0.5, 0.6) is 0 Å². The normalized spacial score (nSPS) is 27.2. The quantitative estimate of drug-likeness (QED) is 0.313. The van der Waals surface area contributed by atoms with Gasteiger partial charge < -0.3 is 4.98 Å². The van der Waals surface area contributed by atoms with Crippen LogP contribution in [0.25, 0.3) is 21.7 Å². The number of fused-ring (bicyclic) bond motifs is 10. The summed E-state index contributed by atoms with van der Waals surface area (Å²) in [6.07, 6.45) is 4.52. The van der Waals surface area contributed by atoms with E-state index in [1.54, 1.807) is 11.1 Å². The Morgan fingerprint density at radius 2 is 1.91 bits per heavy atom. The number of benzene rings is 2. The molecule has 2 heteroatoms. The minimum atomic E-state index is 0. The van der Waals surface area contributed by atoms with Crippen molar-refractivity contribution in [3.8, 4) is 0 Å². The first-order chi connectivity index (χ1) is 10.6. The average Bonchev–Trinajstić information content (AvgIpc) is 2.87. The fourth-order valence-corrected chi connectivity index (χ4v) is 5.35. The van der Waals surface area contributed by atoms with Crippen molar-refractivity contribution in [3.05, 3.63) is 53.7 Å². The topological polar surface area (TPSA) is 12.9 Å². The number of pyridine rings is 1. The van der Waals surface area contributed by atoms with Crippen molar-refractivity contribution in [2.75, 3.05) is 0 Å². The summed E-state index contributed by atoms with van der Waals surface area (Å²) in [4.78, 5) is 4.71. The monoisotopic (exact) mass is 479 g/mol. The van der Waals surface area contributed by atoms with Crippen LogP contribution in [0.2, 0.25) is 0 Å². The molecule has 2 aliphatic rings. The van der Waals surface area contributed by atoms with Crippen LogP contribution < -0.4 is 0 Å². The molecule has 2 aromatic carbocycles. The van der Waals surface area contributed by atoms with E-state index in [4.69, 9.17) is 4.98 Å². The van der Waals surface area contributed by atoms with E-state index >= 15 is 0 Å². The van der Waals surface area contributed by atoms with Crippen LogP contribution in [0.3, 0.4) is 0 Å². The molecule has 0 spiro atoms. The second kappa shape index (κ2) is 4.65. The van der Waals surface area contributed by atoms with Gasteiger partial charge in [0.25, 0.3) is 0 Å². The van der Waals surface area contributed by atoms with Crippen LogP contribution in [-0.4, -0.2) is 4.98 Å². The van der Waals surface area contributed by atoms with Crippen LogP contribution in [0.1, 0.15) is 50.7 Å². The van der Waals surface area contributed by atoms with Gasteiger partial charge in [0.05, 0.1) is 0 Å². The molecule has 1 nitrogen and oxygen atoms in total. The van der Waals surface area contributed by atoms with Crippen molar-refractivity contribution in [2.24, 2.45) is 5.41 Å². The number of nitrogens with zero attached hydrogens (tertiary/aromatic N) is 1. The first-order valence-electron chi connectivity index (χ1n) is 8.27. The zero-order valence-electron chi connectivity index (χ0n) is 13.7. The Balaban J connectivity index is 0.00000135. The number of rotatable bonds is 0. The Morgan fingerprint density at radius 1 is 1.13 bits per heavy atom. The number of hydrogen-bond donors (Lipinski definition) is 0. The molecule has 2 bridgehead atoms. The summed E-state index contributed by atoms with van der Waals surface area (Å²) in [7, 11) is 0. The molecule has 3 aromatic rings. The van der Waals surface area contributed by atoms with Gasteiger partial charge in [0, 0.05) is 26.3 Å². The molecule has 119 valence electrons. The first-order valence-corrected chi connectivity index (χ1v) is 8.27. The molecule has 0 saturated heterocycles. The molecular weight excluding hydrogens is 458 g/mol. The molecule has 0 unspecified atom stereocenters. The van der Waals surface area contributed by atoms with Crippen LogP contribution in [0, 0.1) is 11.5 Å². The summed E-state index contributed by atoms with van der Waals surface area (Å²) >= 11 is 0. The average molecular weight is 479 g/mol. The Kier molecular flexibility index (Phi) is 3.09. The largest absolute Gasteiger partial charge is 0.304 e. The second-order valence-corrected chi connectivity index (χ2v) is 7.79. The zero-order valence-corrected chi connectivity index (χ0v) is 16.1. The van der Waals surface area contributed by atoms with E-state index in [9.17, 15) is 0 Å². The predicted molar refractivity (Wildman–Crippen MR) is 91.2 cm³/mol. The summed E-state index contributed by atoms with van der Waals surface area (Å²) in [5.41, 5.74) is 4.88. The van der Waals surface area contributed by atoms with E-state index in [-0.39, 0.29) is 25.5 Å². The number of hydrogen-bond acceptors (Lipinski definition) is 1. The molecule has 0 amide bonds. The molecule has 2 atom stereocenters. The van der Waals surface area contributed by atoms with Crippen molar-refractivity contribution >= 4 is 21.7 Å². The third kappa shape index (κ3) is 1.59. The smallest absolute Gasteiger partial charge is 0.0161 e. The molecule has 1 heterocycles. The molecule has 1 fully saturated rings. The summed E-state index contributed by atoms with van der Waals surface area (Å²) in [6.45, 7) is 7.41. The fourth-order valence-electron chi connectivity index (χ4n) is 5.35. The molecule has 1 saturated carbocycles. The zero-order chi connectivity index (χ0) is 15.1. The van der Waals surface area contributed by atoms with Crippen molar-refractivity contribution in [1.29, 1.82) is 0 Å². The second-order valence-electron chi connectivity index (χ2n) is 7.79. The van der Waals surface area contributed by atoms with E-state index in [2.05, 4.69) is 51.1 Å². The molecule has 23 heavy (non-hydrogen) atoms. The summed E-state index contributed by atoms with van der Waals surface area (Å²) in [6, 6.07) is 14.2. The Hall–Kier alpha value is -1.24. The third-order valence-corrected chi connectivity index (χ3v) is 6.86. The van der Waals surface area contributed by atoms with Gasteiger partial charge in [-0.25, -0.2) is 0 Å². The Labute approximate surface area is 150 Å². The summed E-state index contributed by atoms with van der Waals surface area (Å²) < 4.78 is 0.